The molecule has 0 radical (unpaired) electrons. The Hall–Kier alpha value is -1.36. The third-order valence-corrected chi connectivity index (χ3v) is 5.01. The van der Waals surface area contributed by atoms with Gasteiger partial charge in [0, 0.05) is 12.1 Å². The lowest BCUT2D eigenvalue weighted by Crippen LogP contribution is -2.49. The second-order valence-electron chi connectivity index (χ2n) is 5.73. The molecule has 7 heteroatoms. The van der Waals surface area contributed by atoms with Crippen LogP contribution in [0.2, 0.25) is 0 Å². The zero-order valence-corrected chi connectivity index (χ0v) is 13.7. The van der Waals surface area contributed by atoms with Crippen LogP contribution in [0.3, 0.4) is 0 Å². The number of likely N-dealkylation sites (tertiary alicyclic amines) is 1. The van der Waals surface area contributed by atoms with Crippen molar-refractivity contribution in [3.05, 3.63) is 24.3 Å². The predicted octanol–water partition coefficient (Wildman–Crippen LogP) is 1.66. The average Bonchev–Trinajstić information content (AvgIpc) is 2.44. The number of rotatable bonds is 4. The number of benzene rings is 1. The number of amides is 1. The summed E-state index contributed by atoms with van der Waals surface area (Å²) in [5.41, 5.74) is 0. The number of carbonyl (C=O) groups is 1. The zero-order chi connectivity index (χ0) is 16.3. The lowest BCUT2D eigenvalue weighted by molar-refractivity contribution is -0.139. The van der Waals surface area contributed by atoms with E-state index < -0.39 is 7.60 Å². The van der Waals surface area contributed by atoms with Crippen molar-refractivity contribution in [2.45, 2.75) is 45.2 Å². The highest BCUT2D eigenvalue weighted by molar-refractivity contribution is 7.60. The van der Waals surface area contributed by atoms with Gasteiger partial charge < -0.3 is 19.4 Å². The number of para-hydroxylation sites is 1. The minimum atomic E-state index is -4.42. The molecule has 0 aromatic heterocycles. The quantitative estimate of drug-likeness (QED) is 0.821. The highest BCUT2D eigenvalue weighted by atomic mass is 31.2. The topological polar surface area (TPSA) is 87.1 Å². The fourth-order valence-electron chi connectivity index (χ4n) is 2.95. The van der Waals surface area contributed by atoms with Crippen molar-refractivity contribution in [1.82, 2.24) is 4.90 Å². The summed E-state index contributed by atoms with van der Waals surface area (Å²) in [7, 11) is -4.42. The number of hydrogen-bond acceptors (Lipinski definition) is 3. The first-order valence-electron chi connectivity index (χ1n) is 7.40. The molecule has 2 rings (SSSR count). The second kappa shape index (κ2) is 6.82. The third kappa shape index (κ3) is 3.88. The summed E-state index contributed by atoms with van der Waals surface area (Å²) >= 11 is 0. The maximum absolute atomic E-state index is 12.4. The molecule has 122 valence electrons. The van der Waals surface area contributed by atoms with E-state index in [1.54, 1.807) is 6.07 Å². The molecule has 1 aliphatic heterocycles. The van der Waals surface area contributed by atoms with Crippen LogP contribution in [0, 0.1) is 0 Å². The van der Waals surface area contributed by atoms with Crippen LogP contribution in [0.15, 0.2) is 24.3 Å². The van der Waals surface area contributed by atoms with Crippen molar-refractivity contribution in [3.8, 4) is 5.75 Å². The smallest absolute Gasteiger partial charge is 0.359 e. The van der Waals surface area contributed by atoms with Crippen LogP contribution in [0.4, 0.5) is 0 Å². The molecule has 1 fully saturated rings. The lowest BCUT2D eigenvalue weighted by atomic mass is 9.97. The molecule has 2 N–H and O–H groups in total. The molecule has 0 aliphatic carbocycles. The predicted molar refractivity (Wildman–Crippen MR) is 83.2 cm³/mol. The molecule has 1 heterocycles. The van der Waals surface area contributed by atoms with Crippen molar-refractivity contribution in [3.63, 3.8) is 0 Å². The van der Waals surface area contributed by atoms with Crippen LogP contribution in [0.5, 0.6) is 5.75 Å². The molecule has 22 heavy (non-hydrogen) atoms. The molecule has 0 saturated carbocycles. The Labute approximate surface area is 130 Å². The van der Waals surface area contributed by atoms with Crippen LogP contribution in [0.1, 0.15) is 33.1 Å². The molecule has 1 aromatic rings. The minimum absolute atomic E-state index is 0.0569. The van der Waals surface area contributed by atoms with E-state index in [9.17, 15) is 19.1 Å². The molecular formula is C15H22NO5P. The molecule has 1 aromatic carbocycles. The van der Waals surface area contributed by atoms with Crippen molar-refractivity contribution < 1.29 is 23.9 Å². The number of piperidine rings is 1. The maximum atomic E-state index is 12.4. The number of ether oxygens (including phenoxy) is 1. The molecular weight excluding hydrogens is 305 g/mol. The third-order valence-electron chi connectivity index (χ3n) is 4.01. The van der Waals surface area contributed by atoms with Gasteiger partial charge in [0.15, 0.2) is 6.61 Å². The summed E-state index contributed by atoms with van der Waals surface area (Å²) in [6.45, 7) is 3.81. The van der Waals surface area contributed by atoms with E-state index in [1.165, 1.54) is 18.2 Å². The SMILES string of the molecule is C[C@@H]1CCC[C@H](C)N1C(=O)COc1ccccc1P(=O)(O)O. The molecule has 1 aliphatic rings. The number of nitrogens with zero attached hydrogens (tertiary/aromatic N) is 1. The highest BCUT2D eigenvalue weighted by Crippen LogP contribution is 2.37. The Morgan fingerprint density at radius 1 is 1.27 bits per heavy atom. The van der Waals surface area contributed by atoms with Crippen LogP contribution >= 0.6 is 7.60 Å². The standard InChI is InChI=1S/C15H22NO5P/c1-11-6-5-7-12(2)16(11)15(17)10-21-13-8-3-4-9-14(13)22(18,19)20/h3-4,8-9,11-12H,5-7,10H2,1-2H3,(H2,18,19,20)/t11-,12+. The molecule has 0 spiro atoms. The lowest BCUT2D eigenvalue weighted by Gasteiger charge is -2.39. The fourth-order valence-corrected chi connectivity index (χ4v) is 3.65. The van der Waals surface area contributed by atoms with E-state index >= 15 is 0 Å². The molecule has 2 atom stereocenters. The van der Waals surface area contributed by atoms with Crippen molar-refractivity contribution in [2.75, 3.05) is 6.61 Å². The summed E-state index contributed by atoms with van der Waals surface area (Å²) in [6.07, 6.45) is 3.04. The average molecular weight is 327 g/mol. The second-order valence-corrected chi connectivity index (χ2v) is 7.30. The number of carbonyl (C=O) groups excluding carboxylic acids is 1. The van der Waals surface area contributed by atoms with Gasteiger partial charge in [-0.25, -0.2) is 0 Å². The monoisotopic (exact) mass is 327 g/mol. The van der Waals surface area contributed by atoms with Crippen molar-refractivity contribution in [1.29, 1.82) is 0 Å². The van der Waals surface area contributed by atoms with Gasteiger partial charge in [0.2, 0.25) is 0 Å². The first-order valence-corrected chi connectivity index (χ1v) is 9.01. The molecule has 0 bridgehead atoms. The Balaban J connectivity index is 2.07. The largest absolute Gasteiger partial charge is 0.483 e. The molecule has 6 nitrogen and oxygen atoms in total. The molecule has 0 unspecified atom stereocenters. The van der Waals surface area contributed by atoms with Gasteiger partial charge in [-0.3, -0.25) is 9.36 Å². The minimum Gasteiger partial charge on any atom is -0.483 e. The van der Waals surface area contributed by atoms with Gasteiger partial charge in [-0.05, 0) is 45.2 Å². The van der Waals surface area contributed by atoms with Crippen molar-refractivity contribution >= 4 is 18.8 Å². The molecule has 1 amide bonds. The van der Waals surface area contributed by atoms with E-state index in [2.05, 4.69) is 0 Å². The van der Waals surface area contributed by atoms with Gasteiger partial charge in [0.1, 0.15) is 11.1 Å². The first kappa shape index (κ1) is 17.0. The maximum Gasteiger partial charge on any atom is 0.359 e. The molecule has 1 saturated heterocycles. The summed E-state index contributed by atoms with van der Waals surface area (Å²) in [6, 6.07) is 6.24. The van der Waals surface area contributed by atoms with Crippen LogP contribution in [0.25, 0.3) is 0 Å². The van der Waals surface area contributed by atoms with E-state index in [4.69, 9.17) is 4.74 Å². The van der Waals surface area contributed by atoms with Crippen LogP contribution < -0.4 is 10.0 Å². The van der Waals surface area contributed by atoms with E-state index in [0.29, 0.717) is 0 Å². The van der Waals surface area contributed by atoms with Crippen LogP contribution in [-0.2, 0) is 9.36 Å². The Morgan fingerprint density at radius 3 is 2.45 bits per heavy atom. The van der Waals surface area contributed by atoms with E-state index in [-0.39, 0.29) is 35.7 Å². The van der Waals surface area contributed by atoms with Gasteiger partial charge in [0.05, 0.1) is 0 Å². The van der Waals surface area contributed by atoms with Crippen LogP contribution in [-0.4, -0.2) is 39.3 Å². The van der Waals surface area contributed by atoms with E-state index in [0.717, 1.165) is 19.3 Å². The summed E-state index contributed by atoms with van der Waals surface area (Å²) in [5.74, 6) is -0.0956. The van der Waals surface area contributed by atoms with Gasteiger partial charge in [0.25, 0.3) is 5.91 Å². The fraction of sp³-hybridized carbons (Fsp3) is 0.533. The van der Waals surface area contributed by atoms with Gasteiger partial charge in [-0.2, -0.15) is 0 Å². The Bertz CT molecular complexity index is 575. The zero-order valence-electron chi connectivity index (χ0n) is 12.8. The van der Waals surface area contributed by atoms with E-state index in [1.807, 2.05) is 18.7 Å². The van der Waals surface area contributed by atoms with Gasteiger partial charge >= 0.3 is 7.60 Å². The first-order chi connectivity index (χ1) is 10.3. The van der Waals surface area contributed by atoms with Gasteiger partial charge in [-0.15, -0.1) is 0 Å². The highest BCUT2D eigenvalue weighted by Gasteiger charge is 2.29. The summed E-state index contributed by atoms with van der Waals surface area (Å²) in [4.78, 5) is 32.8. The summed E-state index contributed by atoms with van der Waals surface area (Å²) in [5, 5.41) is -0.192. The summed E-state index contributed by atoms with van der Waals surface area (Å²) < 4.78 is 16.8. The Morgan fingerprint density at radius 2 is 1.86 bits per heavy atom. The van der Waals surface area contributed by atoms with Gasteiger partial charge in [-0.1, -0.05) is 12.1 Å². The Kier molecular flexibility index (Phi) is 5.27. The number of hydrogen-bond donors (Lipinski definition) is 2. The van der Waals surface area contributed by atoms with Crippen molar-refractivity contribution in [2.24, 2.45) is 0 Å². The normalized spacial score (nSPS) is 22.5.